The van der Waals surface area contributed by atoms with Gasteiger partial charge in [-0.15, -0.1) is 0 Å². The lowest BCUT2D eigenvalue weighted by Gasteiger charge is -2.13. The smallest absolute Gasteiger partial charge is 0.262 e. The highest BCUT2D eigenvalue weighted by Gasteiger charge is 2.20. The molecule has 0 radical (unpaired) electrons. The molecular weight excluding hydrogens is 476 g/mol. The topological polar surface area (TPSA) is 75.3 Å². The van der Waals surface area contributed by atoms with Crippen LogP contribution in [-0.4, -0.2) is 14.3 Å². The van der Waals surface area contributed by atoms with E-state index in [-0.39, 0.29) is 10.5 Å². The van der Waals surface area contributed by atoms with Crippen LogP contribution in [0.1, 0.15) is 21.5 Å². The van der Waals surface area contributed by atoms with Gasteiger partial charge in [0.1, 0.15) is 0 Å². The highest BCUT2D eigenvalue weighted by atomic mass is 79.9. The highest BCUT2D eigenvalue weighted by Crippen LogP contribution is 2.27. The van der Waals surface area contributed by atoms with E-state index in [4.69, 9.17) is 11.6 Å². The van der Waals surface area contributed by atoms with Crippen molar-refractivity contribution in [1.82, 2.24) is 0 Å². The van der Waals surface area contributed by atoms with Crippen molar-refractivity contribution in [2.75, 3.05) is 10.0 Å². The summed E-state index contributed by atoms with van der Waals surface area (Å²) in [5.74, 6) is -0.435. The van der Waals surface area contributed by atoms with Crippen LogP contribution in [0, 0.1) is 13.8 Å². The molecule has 150 valence electrons. The Morgan fingerprint density at radius 3 is 2.38 bits per heavy atom. The van der Waals surface area contributed by atoms with Crippen molar-refractivity contribution in [3.8, 4) is 0 Å². The predicted molar refractivity (Wildman–Crippen MR) is 120 cm³/mol. The third-order valence-corrected chi connectivity index (χ3v) is 7.05. The average molecular weight is 494 g/mol. The molecule has 8 heteroatoms. The Labute approximate surface area is 183 Å². The van der Waals surface area contributed by atoms with Gasteiger partial charge in [0.05, 0.1) is 15.6 Å². The van der Waals surface area contributed by atoms with Crippen molar-refractivity contribution >= 4 is 54.8 Å². The van der Waals surface area contributed by atoms with Gasteiger partial charge in [-0.2, -0.15) is 0 Å². The highest BCUT2D eigenvalue weighted by molar-refractivity contribution is 9.10. The SMILES string of the molecule is Cc1ccccc1NS(=O)(=O)c1cc(C(=O)Nc2ccc(Br)c(Cl)c2)ccc1C. The summed E-state index contributed by atoms with van der Waals surface area (Å²) < 4.78 is 29.2. The van der Waals surface area contributed by atoms with Crippen molar-refractivity contribution in [2.24, 2.45) is 0 Å². The zero-order valence-corrected chi connectivity index (χ0v) is 18.8. The average Bonchev–Trinajstić information content (AvgIpc) is 2.66. The van der Waals surface area contributed by atoms with Gasteiger partial charge in [0.2, 0.25) is 0 Å². The van der Waals surface area contributed by atoms with E-state index >= 15 is 0 Å². The van der Waals surface area contributed by atoms with Crippen molar-refractivity contribution in [3.05, 3.63) is 86.8 Å². The number of rotatable bonds is 5. The lowest BCUT2D eigenvalue weighted by Crippen LogP contribution is -2.17. The fraction of sp³-hybridized carbons (Fsp3) is 0.0952. The van der Waals surface area contributed by atoms with Crippen LogP contribution in [0.15, 0.2) is 70.0 Å². The molecule has 0 saturated heterocycles. The van der Waals surface area contributed by atoms with Crippen LogP contribution in [0.3, 0.4) is 0 Å². The maximum Gasteiger partial charge on any atom is 0.262 e. The van der Waals surface area contributed by atoms with E-state index < -0.39 is 15.9 Å². The van der Waals surface area contributed by atoms with Crippen LogP contribution >= 0.6 is 27.5 Å². The molecule has 2 N–H and O–H groups in total. The number of anilines is 2. The Balaban J connectivity index is 1.89. The number of para-hydroxylation sites is 1. The Hall–Kier alpha value is -2.35. The predicted octanol–water partition coefficient (Wildman–Crippen LogP) is 5.77. The van der Waals surface area contributed by atoms with Crippen LogP contribution in [0.2, 0.25) is 5.02 Å². The number of carbonyl (C=O) groups excluding carboxylic acids is 1. The second-order valence-electron chi connectivity index (χ2n) is 6.48. The van der Waals surface area contributed by atoms with E-state index in [1.165, 1.54) is 6.07 Å². The van der Waals surface area contributed by atoms with Gasteiger partial charge in [0.15, 0.2) is 0 Å². The Morgan fingerprint density at radius 1 is 0.966 bits per heavy atom. The Bertz CT molecular complexity index is 1200. The van der Waals surface area contributed by atoms with E-state index in [1.54, 1.807) is 49.4 Å². The summed E-state index contributed by atoms with van der Waals surface area (Å²) in [7, 11) is -3.87. The molecule has 29 heavy (non-hydrogen) atoms. The molecule has 0 bridgehead atoms. The first-order valence-electron chi connectivity index (χ1n) is 8.63. The lowest BCUT2D eigenvalue weighted by atomic mass is 10.1. The third kappa shape index (κ3) is 4.98. The number of amides is 1. The molecule has 0 aromatic heterocycles. The minimum Gasteiger partial charge on any atom is -0.322 e. The van der Waals surface area contributed by atoms with Crippen molar-refractivity contribution in [2.45, 2.75) is 18.7 Å². The molecule has 0 aliphatic heterocycles. The summed E-state index contributed by atoms with van der Waals surface area (Å²) in [6.07, 6.45) is 0. The van der Waals surface area contributed by atoms with Crippen LogP contribution in [-0.2, 0) is 10.0 Å². The van der Waals surface area contributed by atoms with Crippen molar-refractivity contribution < 1.29 is 13.2 Å². The first kappa shape index (κ1) is 21.4. The van der Waals surface area contributed by atoms with E-state index in [1.807, 2.05) is 19.1 Å². The first-order valence-corrected chi connectivity index (χ1v) is 11.3. The van der Waals surface area contributed by atoms with Gasteiger partial charge in [-0.25, -0.2) is 8.42 Å². The van der Waals surface area contributed by atoms with Crippen LogP contribution < -0.4 is 10.0 Å². The van der Waals surface area contributed by atoms with E-state index in [0.29, 0.717) is 26.4 Å². The van der Waals surface area contributed by atoms with Gasteiger partial charge in [-0.3, -0.25) is 9.52 Å². The van der Waals surface area contributed by atoms with E-state index in [2.05, 4.69) is 26.0 Å². The fourth-order valence-electron chi connectivity index (χ4n) is 2.70. The first-order chi connectivity index (χ1) is 13.7. The number of benzene rings is 3. The molecule has 1 amide bonds. The molecule has 3 aromatic rings. The number of carbonyl (C=O) groups is 1. The van der Waals surface area contributed by atoms with Gasteiger partial charge in [0.25, 0.3) is 15.9 Å². The summed E-state index contributed by atoms with van der Waals surface area (Å²) in [6, 6.07) is 16.7. The van der Waals surface area contributed by atoms with Crippen molar-refractivity contribution in [1.29, 1.82) is 0 Å². The van der Waals surface area contributed by atoms with Gasteiger partial charge in [-0.1, -0.05) is 35.9 Å². The monoisotopic (exact) mass is 492 g/mol. The number of halogens is 2. The van der Waals surface area contributed by atoms with E-state index in [0.717, 1.165) is 5.56 Å². The molecule has 0 aliphatic rings. The van der Waals surface area contributed by atoms with Gasteiger partial charge in [0, 0.05) is 15.7 Å². The maximum atomic E-state index is 12.9. The lowest BCUT2D eigenvalue weighted by molar-refractivity contribution is 0.102. The minimum atomic E-state index is -3.87. The van der Waals surface area contributed by atoms with Crippen LogP contribution in [0.5, 0.6) is 0 Å². The molecule has 3 rings (SSSR count). The summed E-state index contributed by atoms with van der Waals surface area (Å²) >= 11 is 9.35. The Morgan fingerprint density at radius 2 is 1.69 bits per heavy atom. The summed E-state index contributed by atoms with van der Waals surface area (Å²) in [6.45, 7) is 3.50. The Kier molecular flexibility index (Phi) is 6.31. The molecule has 5 nitrogen and oxygen atoms in total. The van der Waals surface area contributed by atoms with Gasteiger partial charge in [-0.05, 0) is 77.3 Å². The largest absolute Gasteiger partial charge is 0.322 e. The number of aryl methyl sites for hydroxylation is 2. The number of hydrogen-bond acceptors (Lipinski definition) is 3. The third-order valence-electron chi connectivity index (χ3n) is 4.31. The molecular formula is C21H18BrClN2O3S. The molecule has 0 spiro atoms. The molecule has 0 aliphatic carbocycles. The summed E-state index contributed by atoms with van der Waals surface area (Å²) in [5.41, 5.74) is 2.56. The molecule has 0 saturated carbocycles. The zero-order chi connectivity index (χ0) is 21.2. The normalized spacial score (nSPS) is 11.2. The molecule has 0 heterocycles. The number of nitrogens with one attached hydrogen (secondary N) is 2. The fourth-order valence-corrected chi connectivity index (χ4v) is 4.52. The van der Waals surface area contributed by atoms with Gasteiger partial charge < -0.3 is 5.32 Å². The minimum absolute atomic E-state index is 0.0437. The summed E-state index contributed by atoms with van der Waals surface area (Å²) in [5, 5.41) is 3.18. The molecule has 0 atom stereocenters. The second-order valence-corrected chi connectivity index (χ2v) is 9.40. The number of sulfonamides is 1. The molecule has 0 unspecified atom stereocenters. The number of hydrogen-bond donors (Lipinski definition) is 2. The van der Waals surface area contributed by atoms with Crippen molar-refractivity contribution in [3.63, 3.8) is 0 Å². The van der Waals surface area contributed by atoms with Crippen LogP contribution in [0.4, 0.5) is 11.4 Å². The summed E-state index contributed by atoms with van der Waals surface area (Å²) in [4.78, 5) is 12.7. The van der Waals surface area contributed by atoms with Gasteiger partial charge >= 0.3 is 0 Å². The molecule has 0 fully saturated rings. The van der Waals surface area contributed by atoms with Crippen LogP contribution in [0.25, 0.3) is 0 Å². The quantitative estimate of drug-likeness (QED) is 0.473. The van der Waals surface area contributed by atoms with E-state index in [9.17, 15) is 13.2 Å². The zero-order valence-electron chi connectivity index (χ0n) is 15.7. The second kappa shape index (κ2) is 8.57. The standard InChI is InChI=1S/C21H18BrClN2O3S/c1-13-5-3-4-6-19(13)25-29(27,28)20-11-15(8-7-14(20)2)21(26)24-16-9-10-17(22)18(23)12-16/h3-12,25H,1-2H3,(H,24,26). The maximum absolute atomic E-state index is 12.9. The molecule has 3 aromatic carbocycles.